The first-order valence-electron chi connectivity index (χ1n) is 8.28. The van der Waals surface area contributed by atoms with Crippen LogP contribution in [0.2, 0.25) is 0 Å². The van der Waals surface area contributed by atoms with Gasteiger partial charge < -0.3 is 4.90 Å². The fraction of sp³-hybridized carbons (Fsp3) is 0.588. The van der Waals surface area contributed by atoms with Gasteiger partial charge in [-0.2, -0.15) is 5.10 Å². The lowest BCUT2D eigenvalue weighted by atomic mass is 9.92. The van der Waals surface area contributed by atoms with Crippen LogP contribution in [0.25, 0.3) is 11.4 Å². The van der Waals surface area contributed by atoms with Crippen LogP contribution in [-0.2, 0) is 13.0 Å². The molecule has 0 N–H and O–H groups in total. The van der Waals surface area contributed by atoms with Crippen molar-refractivity contribution < 1.29 is 0 Å². The monoisotopic (exact) mass is 299 g/mol. The van der Waals surface area contributed by atoms with E-state index >= 15 is 0 Å². The first kappa shape index (κ1) is 15.2. The van der Waals surface area contributed by atoms with Gasteiger partial charge in [-0.15, -0.1) is 0 Å². The van der Waals surface area contributed by atoms with E-state index in [9.17, 15) is 0 Å². The van der Waals surface area contributed by atoms with Crippen LogP contribution in [0, 0.1) is 5.92 Å². The Balaban J connectivity index is 1.73. The molecule has 0 amide bonds. The van der Waals surface area contributed by atoms with Gasteiger partial charge in [0.2, 0.25) is 0 Å². The lowest BCUT2D eigenvalue weighted by molar-refractivity contribution is 0.218. The lowest BCUT2D eigenvalue weighted by Crippen LogP contribution is -2.31. The summed E-state index contributed by atoms with van der Waals surface area (Å²) in [6.07, 6.45) is 10.2. The number of nitrogens with zero attached hydrogens (tertiary/aromatic N) is 5. The van der Waals surface area contributed by atoms with Crippen LogP contribution in [0.1, 0.15) is 31.9 Å². The zero-order chi connectivity index (χ0) is 15.4. The molecule has 0 saturated carbocycles. The van der Waals surface area contributed by atoms with E-state index in [1.807, 2.05) is 29.3 Å². The van der Waals surface area contributed by atoms with Crippen LogP contribution in [0.3, 0.4) is 0 Å². The molecule has 0 spiro atoms. The molecule has 1 aliphatic rings. The van der Waals surface area contributed by atoms with Crippen molar-refractivity contribution in [3.8, 4) is 11.4 Å². The minimum Gasteiger partial charge on any atom is -0.306 e. The smallest absolute Gasteiger partial charge is 0.107 e. The van der Waals surface area contributed by atoms with Crippen LogP contribution in [0.15, 0.2) is 24.7 Å². The third-order valence-electron chi connectivity index (χ3n) is 4.43. The quantitative estimate of drug-likeness (QED) is 0.851. The van der Waals surface area contributed by atoms with Gasteiger partial charge in [0.25, 0.3) is 0 Å². The molecule has 0 aliphatic carbocycles. The van der Waals surface area contributed by atoms with E-state index in [2.05, 4.69) is 29.0 Å². The van der Waals surface area contributed by atoms with Crippen molar-refractivity contribution in [2.75, 3.05) is 20.1 Å². The molecule has 0 bridgehead atoms. The molecular weight excluding hydrogens is 274 g/mol. The van der Waals surface area contributed by atoms with Gasteiger partial charge in [-0.3, -0.25) is 9.67 Å². The Bertz CT molecular complexity index is 599. The highest BCUT2D eigenvalue weighted by molar-refractivity contribution is 5.52. The van der Waals surface area contributed by atoms with Crippen molar-refractivity contribution in [1.82, 2.24) is 24.6 Å². The molecule has 1 fully saturated rings. The third-order valence-corrected chi connectivity index (χ3v) is 4.43. The normalized spacial score (nSPS) is 17.0. The van der Waals surface area contributed by atoms with Crippen molar-refractivity contribution >= 4 is 0 Å². The molecule has 0 atom stereocenters. The predicted molar refractivity (Wildman–Crippen MR) is 87.5 cm³/mol. The second-order valence-electron chi connectivity index (χ2n) is 6.29. The second kappa shape index (κ2) is 7.01. The standard InChI is InChI=1S/C17H25N5/c1-3-8-22-17(4-7-19-22)16-13-18-12-15(20-16)11-14-5-9-21(2)10-6-14/h4,7,12-14H,3,5-6,8-11H2,1-2H3. The number of hydrogen-bond donors (Lipinski definition) is 0. The molecule has 1 aliphatic heterocycles. The zero-order valence-electron chi connectivity index (χ0n) is 13.6. The van der Waals surface area contributed by atoms with Crippen LogP contribution >= 0.6 is 0 Å². The molecule has 0 unspecified atom stereocenters. The summed E-state index contributed by atoms with van der Waals surface area (Å²) in [7, 11) is 2.20. The predicted octanol–water partition coefficient (Wildman–Crippen LogP) is 2.63. The Labute approximate surface area is 132 Å². The van der Waals surface area contributed by atoms with E-state index in [1.54, 1.807) is 0 Å². The molecular formula is C17H25N5. The molecule has 118 valence electrons. The van der Waals surface area contributed by atoms with Gasteiger partial charge in [-0.25, -0.2) is 4.98 Å². The van der Waals surface area contributed by atoms with Crippen LogP contribution < -0.4 is 0 Å². The molecule has 1 saturated heterocycles. The van der Waals surface area contributed by atoms with Gasteiger partial charge >= 0.3 is 0 Å². The third kappa shape index (κ3) is 3.53. The summed E-state index contributed by atoms with van der Waals surface area (Å²) in [5, 5.41) is 4.38. The van der Waals surface area contributed by atoms with Crippen molar-refractivity contribution in [2.45, 2.75) is 39.2 Å². The highest BCUT2D eigenvalue weighted by Crippen LogP contribution is 2.22. The Hall–Kier alpha value is -1.75. The van der Waals surface area contributed by atoms with Crippen LogP contribution in [0.4, 0.5) is 0 Å². The van der Waals surface area contributed by atoms with Gasteiger partial charge in [0.05, 0.1) is 17.6 Å². The largest absolute Gasteiger partial charge is 0.306 e. The molecule has 0 radical (unpaired) electrons. The van der Waals surface area contributed by atoms with E-state index in [4.69, 9.17) is 4.98 Å². The summed E-state index contributed by atoms with van der Waals surface area (Å²) in [6, 6.07) is 2.03. The molecule has 2 aromatic rings. The SMILES string of the molecule is CCCn1nccc1-c1cncc(CC2CCN(C)CC2)n1. The van der Waals surface area contributed by atoms with Gasteiger partial charge in [0, 0.05) is 18.9 Å². The van der Waals surface area contributed by atoms with E-state index in [0.29, 0.717) is 0 Å². The molecule has 0 aromatic carbocycles. The lowest BCUT2D eigenvalue weighted by Gasteiger charge is -2.28. The molecule has 3 heterocycles. The second-order valence-corrected chi connectivity index (χ2v) is 6.29. The number of aryl methyl sites for hydroxylation is 1. The van der Waals surface area contributed by atoms with Crippen LogP contribution in [-0.4, -0.2) is 44.8 Å². The maximum absolute atomic E-state index is 4.83. The summed E-state index contributed by atoms with van der Waals surface area (Å²) >= 11 is 0. The fourth-order valence-corrected chi connectivity index (χ4v) is 3.13. The van der Waals surface area contributed by atoms with E-state index in [-0.39, 0.29) is 0 Å². The Morgan fingerprint density at radius 3 is 2.82 bits per heavy atom. The fourth-order valence-electron chi connectivity index (χ4n) is 3.13. The Morgan fingerprint density at radius 1 is 1.23 bits per heavy atom. The highest BCUT2D eigenvalue weighted by Gasteiger charge is 2.18. The van der Waals surface area contributed by atoms with E-state index in [1.165, 1.54) is 25.9 Å². The number of rotatable bonds is 5. The number of hydrogen-bond acceptors (Lipinski definition) is 4. The van der Waals surface area contributed by atoms with Crippen molar-refractivity contribution in [2.24, 2.45) is 5.92 Å². The molecule has 3 rings (SSSR count). The van der Waals surface area contributed by atoms with Gasteiger partial charge in [0.1, 0.15) is 5.69 Å². The molecule has 2 aromatic heterocycles. The van der Waals surface area contributed by atoms with Crippen LogP contribution in [0.5, 0.6) is 0 Å². The molecule has 22 heavy (non-hydrogen) atoms. The van der Waals surface area contributed by atoms with Crippen molar-refractivity contribution in [3.05, 3.63) is 30.4 Å². The highest BCUT2D eigenvalue weighted by atomic mass is 15.3. The van der Waals surface area contributed by atoms with E-state index in [0.717, 1.165) is 42.4 Å². The maximum atomic E-state index is 4.83. The van der Waals surface area contributed by atoms with Crippen molar-refractivity contribution in [3.63, 3.8) is 0 Å². The van der Waals surface area contributed by atoms with Crippen molar-refractivity contribution in [1.29, 1.82) is 0 Å². The van der Waals surface area contributed by atoms with Gasteiger partial charge in [0.15, 0.2) is 0 Å². The average Bonchev–Trinajstić information content (AvgIpc) is 2.99. The number of likely N-dealkylation sites (tertiary alicyclic amines) is 1. The summed E-state index contributed by atoms with van der Waals surface area (Å²) in [4.78, 5) is 11.6. The Morgan fingerprint density at radius 2 is 2.05 bits per heavy atom. The van der Waals surface area contributed by atoms with E-state index < -0.39 is 0 Å². The molecule has 5 nitrogen and oxygen atoms in total. The average molecular weight is 299 g/mol. The minimum atomic E-state index is 0.737. The maximum Gasteiger partial charge on any atom is 0.107 e. The van der Waals surface area contributed by atoms with Gasteiger partial charge in [-0.1, -0.05) is 6.92 Å². The number of aromatic nitrogens is 4. The minimum absolute atomic E-state index is 0.737. The first-order chi connectivity index (χ1) is 10.8. The zero-order valence-corrected chi connectivity index (χ0v) is 13.6. The summed E-state index contributed by atoms with van der Waals surface area (Å²) in [5.74, 6) is 0.737. The topological polar surface area (TPSA) is 46.8 Å². The summed E-state index contributed by atoms with van der Waals surface area (Å²) < 4.78 is 2.02. The Kier molecular flexibility index (Phi) is 4.83. The van der Waals surface area contributed by atoms with Gasteiger partial charge in [-0.05, 0) is 57.8 Å². The number of piperidine rings is 1. The molecule has 5 heteroatoms. The summed E-state index contributed by atoms with van der Waals surface area (Å²) in [6.45, 7) is 5.47. The summed E-state index contributed by atoms with van der Waals surface area (Å²) in [5.41, 5.74) is 3.12. The first-order valence-corrected chi connectivity index (χ1v) is 8.28.